The number of H-pyrrole nitrogens is 1. The molecule has 1 heterocycles. The van der Waals surface area contributed by atoms with Gasteiger partial charge in [0, 0.05) is 17.3 Å². The Morgan fingerprint density at radius 2 is 2.38 bits per heavy atom. The molecule has 1 fully saturated rings. The van der Waals surface area contributed by atoms with Crippen LogP contribution in [0.2, 0.25) is 0 Å². The summed E-state index contributed by atoms with van der Waals surface area (Å²) in [6, 6.07) is 3.92. The lowest BCUT2D eigenvalue weighted by molar-refractivity contribution is -0.139. The Kier molecular flexibility index (Phi) is 1.87. The molecule has 2 rings (SSSR count). The largest absolute Gasteiger partial charge is 0.481 e. The van der Waals surface area contributed by atoms with E-state index in [2.05, 4.69) is 4.98 Å². The van der Waals surface area contributed by atoms with Gasteiger partial charge in [-0.05, 0) is 25.0 Å². The van der Waals surface area contributed by atoms with Crippen molar-refractivity contribution in [3.63, 3.8) is 0 Å². The van der Waals surface area contributed by atoms with Crippen molar-refractivity contribution in [2.45, 2.75) is 31.1 Å². The van der Waals surface area contributed by atoms with Gasteiger partial charge >= 0.3 is 5.97 Å². The zero-order valence-electron chi connectivity index (χ0n) is 7.42. The third kappa shape index (κ3) is 1.34. The zero-order chi connectivity index (χ0) is 9.31. The molecule has 0 spiro atoms. The predicted molar refractivity (Wildman–Crippen MR) is 48.6 cm³/mol. The van der Waals surface area contributed by atoms with Gasteiger partial charge in [0.15, 0.2) is 0 Å². The fourth-order valence-corrected chi connectivity index (χ4v) is 2.09. The molecule has 0 amide bonds. The molecule has 3 nitrogen and oxygen atoms in total. The quantitative estimate of drug-likeness (QED) is 0.744. The van der Waals surface area contributed by atoms with E-state index in [1.54, 1.807) is 0 Å². The van der Waals surface area contributed by atoms with Gasteiger partial charge in [-0.1, -0.05) is 6.42 Å². The maximum absolute atomic E-state index is 10.7. The van der Waals surface area contributed by atoms with Crippen molar-refractivity contribution in [1.29, 1.82) is 0 Å². The van der Waals surface area contributed by atoms with Crippen molar-refractivity contribution in [3.8, 4) is 0 Å². The Bertz CT molecular complexity index is 299. The highest BCUT2D eigenvalue weighted by Gasteiger charge is 2.41. The summed E-state index contributed by atoms with van der Waals surface area (Å²) in [5, 5.41) is 8.80. The summed E-state index contributed by atoms with van der Waals surface area (Å²) in [5.41, 5.74) is 0.996. The Labute approximate surface area is 76.8 Å². The zero-order valence-corrected chi connectivity index (χ0v) is 7.42. The third-order valence-corrected chi connectivity index (χ3v) is 2.97. The van der Waals surface area contributed by atoms with E-state index in [0.29, 0.717) is 0 Å². The Balaban J connectivity index is 2.20. The maximum atomic E-state index is 10.7. The molecule has 13 heavy (non-hydrogen) atoms. The van der Waals surface area contributed by atoms with Crippen LogP contribution in [0.4, 0.5) is 0 Å². The average Bonchev–Trinajstić information content (AvgIpc) is 2.48. The molecule has 0 bridgehead atoms. The fraction of sp³-hybridized carbons (Fsp3) is 0.500. The SMILES string of the molecule is O=C(O)CC1(c2ccc[nH]2)CCC1. The fourth-order valence-electron chi connectivity index (χ4n) is 2.09. The van der Waals surface area contributed by atoms with Crippen molar-refractivity contribution in [2.24, 2.45) is 0 Å². The lowest BCUT2D eigenvalue weighted by atomic mass is 9.64. The molecule has 0 atom stereocenters. The number of nitrogens with one attached hydrogen (secondary N) is 1. The number of carbonyl (C=O) groups is 1. The lowest BCUT2D eigenvalue weighted by Gasteiger charge is -2.40. The molecule has 0 unspecified atom stereocenters. The molecular weight excluding hydrogens is 166 g/mol. The smallest absolute Gasteiger partial charge is 0.304 e. The summed E-state index contributed by atoms with van der Waals surface area (Å²) in [4.78, 5) is 13.8. The molecule has 1 aliphatic rings. The van der Waals surface area contributed by atoms with Crippen LogP contribution >= 0.6 is 0 Å². The molecule has 0 saturated heterocycles. The van der Waals surface area contributed by atoms with Crippen LogP contribution in [0.15, 0.2) is 18.3 Å². The van der Waals surface area contributed by atoms with Crippen LogP contribution < -0.4 is 0 Å². The Morgan fingerprint density at radius 1 is 1.62 bits per heavy atom. The van der Waals surface area contributed by atoms with E-state index in [1.807, 2.05) is 18.3 Å². The molecule has 0 aliphatic heterocycles. The number of aromatic nitrogens is 1. The Hall–Kier alpha value is -1.25. The molecule has 1 aliphatic carbocycles. The number of aliphatic carboxylic acids is 1. The summed E-state index contributed by atoms with van der Waals surface area (Å²) in [5.74, 6) is -0.700. The molecule has 1 aromatic heterocycles. The van der Waals surface area contributed by atoms with Crippen molar-refractivity contribution < 1.29 is 9.90 Å². The second kappa shape index (κ2) is 2.91. The summed E-state index contributed by atoms with van der Waals surface area (Å²) < 4.78 is 0. The van der Waals surface area contributed by atoms with Crippen LogP contribution in [0, 0.1) is 0 Å². The van der Waals surface area contributed by atoms with Crippen LogP contribution in [-0.2, 0) is 10.2 Å². The lowest BCUT2D eigenvalue weighted by Crippen LogP contribution is -2.36. The number of hydrogen-bond acceptors (Lipinski definition) is 1. The first-order valence-corrected chi connectivity index (χ1v) is 4.59. The van der Waals surface area contributed by atoms with E-state index in [-0.39, 0.29) is 11.8 Å². The first-order valence-electron chi connectivity index (χ1n) is 4.59. The molecule has 0 radical (unpaired) electrons. The van der Waals surface area contributed by atoms with Crippen molar-refractivity contribution in [3.05, 3.63) is 24.0 Å². The minimum atomic E-state index is -0.700. The van der Waals surface area contributed by atoms with Gasteiger partial charge in [0.2, 0.25) is 0 Å². The molecular formula is C10H13NO2. The van der Waals surface area contributed by atoms with Crippen LogP contribution in [-0.4, -0.2) is 16.1 Å². The van der Waals surface area contributed by atoms with Gasteiger partial charge in [0.05, 0.1) is 6.42 Å². The third-order valence-electron chi connectivity index (χ3n) is 2.97. The number of aromatic amines is 1. The topological polar surface area (TPSA) is 53.1 Å². The minimum Gasteiger partial charge on any atom is -0.481 e. The second-order valence-corrected chi connectivity index (χ2v) is 3.79. The van der Waals surface area contributed by atoms with Gasteiger partial charge in [0.1, 0.15) is 0 Å². The molecule has 1 saturated carbocycles. The second-order valence-electron chi connectivity index (χ2n) is 3.79. The average molecular weight is 179 g/mol. The summed E-state index contributed by atoms with van der Waals surface area (Å²) in [6.45, 7) is 0. The first-order chi connectivity index (χ1) is 6.23. The highest BCUT2D eigenvalue weighted by molar-refractivity contribution is 5.69. The first kappa shape index (κ1) is 8.35. The number of carboxylic acid groups (broad SMARTS) is 1. The molecule has 1 aromatic rings. The minimum absolute atomic E-state index is 0.0880. The van der Waals surface area contributed by atoms with Gasteiger partial charge in [-0.15, -0.1) is 0 Å². The van der Waals surface area contributed by atoms with Gasteiger partial charge in [0.25, 0.3) is 0 Å². The molecule has 3 heteroatoms. The normalized spacial score (nSPS) is 19.4. The van der Waals surface area contributed by atoms with E-state index in [4.69, 9.17) is 5.11 Å². The van der Waals surface area contributed by atoms with Gasteiger partial charge in [-0.2, -0.15) is 0 Å². The monoisotopic (exact) mass is 179 g/mol. The summed E-state index contributed by atoms with van der Waals surface area (Å²) in [7, 11) is 0. The van der Waals surface area contributed by atoms with Gasteiger partial charge < -0.3 is 10.1 Å². The van der Waals surface area contributed by atoms with Crippen molar-refractivity contribution in [1.82, 2.24) is 4.98 Å². The Morgan fingerprint density at radius 3 is 2.77 bits per heavy atom. The van der Waals surface area contributed by atoms with Crippen LogP contribution in [0.1, 0.15) is 31.4 Å². The van der Waals surface area contributed by atoms with Crippen molar-refractivity contribution >= 4 is 5.97 Å². The summed E-state index contributed by atoms with van der Waals surface area (Å²) >= 11 is 0. The van der Waals surface area contributed by atoms with E-state index in [0.717, 1.165) is 25.0 Å². The van der Waals surface area contributed by atoms with E-state index in [1.165, 1.54) is 0 Å². The van der Waals surface area contributed by atoms with Crippen LogP contribution in [0.5, 0.6) is 0 Å². The van der Waals surface area contributed by atoms with E-state index < -0.39 is 5.97 Å². The molecule has 70 valence electrons. The van der Waals surface area contributed by atoms with E-state index >= 15 is 0 Å². The number of rotatable bonds is 3. The van der Waals surface area contributed by atoms with Crippen LogP contribution in [0.3, 0.4) is 0 Å². The predicted octanol–water partition coefficient (Wildman–Crippen LogP) is 1.91. The number of hydrogen-bond donors (Lipinski definition) is 2. The number of carboxylic acids is 1. The molecule has 2 N–H and O–H groups in total. The van der Waals surface area contributed by atoms with E-state index in [9.17, 15) is 4.79 Å². The summed E-state index contributed by atoms with van der Waals surface area (Å²) in [6.07, 6.45) is 5.26. The highest BCUT2D eigenvalue weighted by atomic mass is 16.4. The van der Waals surface area contributed by atoms with Crippen LogP contribution in [0.25, 0.3) is 0 Å². The van der Waals surface area contributed by atoms with Crippen molar-refractivity contribution in [2.75, 3.05) is 0 Å². The standard InChI is InChI=1S/C10H13NO2/c12-9(13)7-10(4-2-5-10)8-3-1-6-11-8/h1,3,6,11H,2,4-5,7H2,(H,12,13). The molecule has 0 aromatic carbocycles. The maximum Gasteiger partial charge on any atom is 0.304 e. The van der Waals surface area contributed by atoms with Gasteiger partial charge in [-0.25, -0.2) is 0 Å². The van der Waals surface area contributed by atoms with Gasteiger partial charge in [-0.3, -0.25) is 4.79 Å². The highest BCUT2D eigenvalue weighted by Crippen LogP contribution is 2.45.